The molecule has 0 unspecified atom stereocenters. The van der Waals surface area contributed by atoms with Gasteiger partial charge < -0.3 is 10.1 Å². The highest BCUT2D eigenvalue weighted by molar-refractivity contribution is 5.80. The van der Waals surface area contributed by atoms with Gasteiger partial charge in [-0.1, -0.05) is 6.07 Å². The Labute approximate surface area is 193 Å². The SMILES string of the molecule is CC(C)(O)CN1C=C(c2ccc(-c3cnn4ccnc(C5CCC(C#N)CC5)c34)nc2)CN1. The number of nitrogens with one attached hydrogen (secondary N) is 1. The molecule has 170 valence electrons. The van der Waals surface area contributed by atoms with Crippen LogP contribution in [0.5, 0.6) is 0 Å². The number of pyridine rings is 1. The highest BCUT2D eigenvalue weighted by Crippen LogP contribution is 2.38. The summed E-state index contributed by atoms with van der Waals surface area (Å²) in [5, 5.41) is 25.8. The quantitative estimate of drug-likeness (QED) is 0.622. The molecule has 0 aromatic carbocycles. The van der Waals surface area contributed by atoms with Gasteiger partial charge in [-0.25, -0.2) is 9.94 Å². The van der Waals surface area contributed by atoms with Crippen molar-refractivity contribution in [1.29, 1.82) is 5.26 Å². The van der Waals surface area contributed by atoms with Crippen LogP contribution in [0, 0.1) is 17.2 Å². The summed E-state index contributed by atoms with van der Waals surface area (Å²) in [6.45, 7) is 4.81. The lowest BCUT2D eigenvalue weighted by atomic mass is 9.80. The van der Waals surface area contributed by atoms with E-state index in [1.54, 1.807) is 13.8 Å². The van der Waals surface area contributed by atoms with Crippen LogP contribution >= 0.6 is 0 Å². The first-order chi connectivity index (χ1) is 15.9. The zero-order valence-electron chi connectivity index (χ0n) is 19.1. The first-order valence-electron chi connectivity index (χ1n) is 11.5. The van der Waals surface area contributed by atoms with Crippen LogP contribution < -0.4 is 5.43 Å². The van der Waals surface area contributed by atoms with Crippen molar-refractivity contribution in [3.05, 3.63) is 54.4 Å². The third kappa shape index (κ3) is 4.47. The van der Waals surface area contributed by atoms with Gasteiger partial charge in [-0.05, 0) is 56.7 Å². The van der Waals surface area contributed by atoms with E-state index in [1.807, 2.05) is 46.6 Å². The molecule has 0 atom stereocenters. The van der Waals surface area contributed by atoms with Gasteiger partial charge in [0.2, 0.25) is 0 Å². The van der Waals surface area contributed by atoms with E-state index in [-0.39, 0.29) is 5.92 Å². The third-order valence-electron chi connectivity index (χ3n) is 6.51. The summed E-state index contributed by atoms with van der Waals surface area (Å²) in [6.07, 6.45) is 13.3. The molecule has 5 rings (SSSR count). The highest BCUT2D eigenvalue weighted by Gasteiger charge is 2.26. The molecule has 8 nitrogen and oxygen atoms in total. The smallest absolute Gasteiger partial charge is 0.0973 e. The fourth-order valence-electron chi connectivity index (χ4n) is 4.85. The molecule has 3 aromatic heterocycles. The van der Waals surface area contributed by atoms with Crippen LogP contribution in [0.3, 0.4) is 0 Å². The molecule has 2 N–H and O–H groups in total. The Morgan fingerprint density at radius 3 is 2.70 bits per heavy atom. The lowest BCUT2D eigenvalue weighted by Crippen LogP contribution is -2.40. The average molecular weight is 444 g/mol. The Morgan fingerprint density at radius 1 is 1.18 bits per heavy atom. The molecular weight excluding hydrogens is 414 g/mol. The Kier molecular flexibility index (Phi) is 5.60. The van der Waals surface area contributed by atoms with E-state index >= 15 is 0 Å². The van der Waals surface area contributed by atoms with Crippen molar-refractivity contribution in [3.8, 4) is 17.3 Å². The molecule has 1 saturated carbocycles. The maximum absolute atomic E-state index is 10.1. The first-order valence-corrected chi connectivity index (χ1v) is 11.5. The van der Waals surface area contributed by atoms with Crippen molar-refractivity contribution in [2.75, 3.05) is 13.1 Å². The van der Waals surface area contributed by atoms with Gasteiger partial charge >= 0.3 is 0 Å². The summed E-state index contributed by atoms with van der Waals surface area (Å²) in [7, 11) is 0. The Hall–Kier alpha value is -3.28. The summed E-state index contributed by atoms with van der Waals surface area (Å²) in [4.78, 5) is 9.51. The lowest BCUT2D eigenvalue weighted by molar-refractivity contribution is 0.0410. The molecular formula is C25H29N7O. The highest BCUT2D eigenvalue weighted by atomic mass is 16.3. The summed E-state index contributed by atoms with van der Waals surface area (Å²) in [5.41, 5.74) is 8.61. The number of aromatic nitrogens is 4. The van der Waals surface area contributed by atoms with Gasteiger partial charge in [0, 0.05) is 48.7 Å². The predicted molar refractivity (Wildman–Crippen MR) is 126 cm³/mol. The third-order valence-corrected chi connectivity index (χ3v) is 6.51. The number of hydrogen-bond acceptors (Lipinski definition) is 7. The lowest BCUT2D eigenvalue weighted by Gasteiger charge is -2.24. The van der Waals surface area contributed by atoms with E-state index in [4.69, 9.17) is 9.97 Å². The first kappa shape index (κ1) is 21.6. The summed E-state index contributed by atoms with van der Waals surface area (Å²) >= 11 is 0. The molecule has 1 aliphatic heterocycles. The number of hydrazine groups is 1. The van der Waals surface area contributed by atoms with Crippen molar-refractivity contribution < 1.29 is 5.11 Å². The van der Waals surface area contributed by atoms with Crippen molar-refractivity contribution in [1.82, 2.24) is 30.0 Å². The number of aliphatic hydroxyl groups is 1. The maximum atomic E-state index is 10.1. The van der Waals surface area contributed by atoms with Crippen molar-refractivity contribution in [2.45, 2.75) is 51.0 Å². The van der Waals surface area contributed by atoms with Crippen LogP contribution in [-0.2, 0) is 0 Å². The van der Waals surface area contributed by atoms with Gasteiger partial charge in [0.1, 0.15) is 0 Å². The Morgan fingerprint density at radius 2 is 2.00 bits per heavy atom. The number of hydrogen-bond donors (Lipinski definition) is 2. The number of fused-ring (bicyclic) bond motifs is 1. The van der Waals surface area contributed by atoms with E-state index in [9.17, 15) is 10.4 Å². The summed E-state index contributed by atoms with van der Waals surface area (Å²) in [5.74, 6) is 0.503. The zero-order chi connectivity index (χ0) is 23.0. The number of nitriles is 1. The van der Waals surface area contributed by atoms with E-state index < -0.39 is 5.60 Å². The molecule has 33 heavy (non-hydrogen) atoms. The minimum Gasteiger partial charge on any atom is -0.389 e. The van der Waals surface area contributed by atoms with Gasteiger partial charge in [0.15, 0.2) is 0 Å². The molecule has 4 heterocycles. The fraction of sp³-hybridized carbons (Fsp3) is 0.440. The van der Waals surface area contributed by atoms with Crippen LogP contribution in [0.15, 0.2) is 43.1 Å². The van der Waals surface area contributed by atoms with Crippen molar-refractivity contribution in [3.63, 3.8) is 0 Å². The molecule has 1 aliphatic carbocycles. The standard InChI is InChI=1S/C25H29N7O/c1-25(2,33)16-31-15-20(13-29-31)19-7-8-22(28-12-19)21-14-30-32-10-9-27-23(24(21)32)18-5-3-17(11-26)4-6-18/h7-10,12,14-15,17-18,29,33H,3-6,13,16H2,1-2H3. The van der Waals surface area contributed by atoms with Crippen LogP contribution in [-0.4, -0.2) is 48.4 Å². The normalized spacial score (nSPS) is 21.3. The minimum absolute atomic E-state index is 0.165. The van der Waals surface area contributed by atoms with Crippen LogP contribution in [0.1, 0.15) is 56.7 Å². The molecule has 0 saturated heterocycles. The molecule has 1 fully saturated rings. The summed E-state index contributed by atoms with van der Waals surface area (Å²) in [6, 6.07) is 6.54. The molecule has 3 aromatic rings. The zero-order valence-corrected chi connectivity index (χ0v) is 19.1. The number of nitrogens with zero attached hydrogens (tertiary/aromatic N) is 6. The van der Waals surface area contributed by atoms with Gasteiger partial charge in [-0.3, -0.25) is 9.97 Å². The average Bonchev–Trinajstić information content (AvgIpc) is 3.45. The Bertz CT molecular complexity index is 1210. The number of rotatable bonds is 5. The summed E-state index contributed by atoms with van der Waals surface area (Å²) < 4.78 is 1.89. The maximum Gasteiger partial charge on any atom is 0.0973 e. The van der Waals surface area contributed by atoms with E-state index in [2.05, 4.69) is 22.7 Å². The molecule has 2 aliphatic rings. The molecule has 0 radical (unpaired) electrons. The topological polar surface area (TPSA) is 102 Å². The van der Waals surface area contributed by atoms with E-state index in [1.165, 1.54) is 0 Å². The molecule has 8 heteroatoms. The van der Waals surface area contributed by atoms with E-state index in [0.29, 0.717) is 19.0 Å². The van der Waals surface area contributed by atoms with Crippen molar-refractivity contribution in [2.24, 2.45) is 5.92 Å². The molecule has 0 bridgehead atoms. The van der Waals surface area contributed by atoms with Crippen molar-refractivity contribution >= 4 is 11.1 Å². The van der Waals surface area contributed by atoms with Crippen LogP contribution in [0.25, 0.3) is 22.3 Å². The van der Waals surface area contributed by atoms with Gasteiger partial charge in [-0.15, -0.1) is 0 Å². The second-order valence-electron chi connectivity index (χ2n) is 9.70. The van der Waals surface area contributed by atoms with Crippen LogP contribution in [0.2, 0.25) is 0 Å². The molecule has 0 amide bonds. The Balaban J connectivity index is 1.41. The largest absolute Gasteiger partial charge is 0.389 e. The monoisotopic (exact) mass is 443 g/mol. The number of β-amino-alcohol motifs (C(OH)–C–C–N with tert-alkyl or cyclic N) is 1. The van der Waals surface area contributed by atoms with Gasteiger partial charge in [0.05, 0.1) is 41.3 Å². The second kappa shape index (κ2) is 8.58. The predicted octanol–water partition coefficient (Wildman–Crippen LogP) is 3.52. The van der Waals surface area contributed by atoms with Gasteiger partial charge in [0.25, 0.3) is 0 Å². The van der Waals surface area contributed by atoms with E-state index in [0.717, 1.165) is 59.3 Å². The molecule has 0 spiro atoms. The van der Waals surface area contributed by atoms with Gasteiger partial charge in [-0.2, -0.15) is 10.4 Å². The second-order valence-corrected chi connectivity index (χ2v) is 9.70. The minimum atomic E-state index is -0.774. The fourth-order valence-corrected chi connectivity index (χ4v) is 4.85. The van der Waals surface area contributed by atoms with Crippen LogP contribution in [0.4, 0.5) is 0 Å².